The van der Waals surface area contributed by atoms with Crippen molar-refractivity contribution in [3.63, 3.8) is 0 Å². The van der Waals surface area contributed by atoms with E-state index in [9.17, 15) is 4.79 Å². The van der Waals surface area contributed by atoms with Gasteiger partial charge in [0.05, 0.1) is 0 Å². The molecule has 0 N–H and O–H groups in total. The fraction of sp³-hybridized carbons (Fsp3) is 0.833. The Balaban J connectivity index is 0. The molecule has 0 amide bonds. The van der Waals surface area contributed by atoms with Crippen LogP contribution in [0.1, 0.15) is 19.8 Å². The molecular weight excluding hydrogens is 209 g/mol. The first-order chi connectivity index (χ1) is 3.81. The van der Waals surface area contributed by atoms with Gasteiger partial charge in [0.1, 0.15) is 0 Å². The first kappa shape index (κ1) is 12.8. The van der Waals surface area contributed by atoms with E-state index in [4.69, 9.17) is 0 Å². The number of thiol groups is 1. The van der Waals surface area contributed by atoms with Crippen LogP contribution in [0.4, 0.5) is 0 Å². The van der Waals surface area contributed by atoms with Crippen molar-refractivity contribution in [3.8, 4) is 0 Å². The molecule has 3 heteroatoms. The zero-order valence-electron chi connectivity index (χ0n) is 5.63. The molecule has 1 unspecified atom stereocenters. The summed E-state index contributed by atoms with van der Waals surface area (Å²) < 4.78 is 0. The largest absolute Gasteiger partial charge is 0.542 e. The van der Waals surface area contributed by atoms with Crippen LogP contribution in [0.3, 0.4) is 0 Å². The third-order valence-corrected chi connectivity index (χ3v) is 1.67. The van der Waals surface area contributed by atoms with Crippen LogP contribution in [0, 0.1) is 5.92 Å². The summed E-state index contributed by atoms with van der Waals surface area (Å²) in [5, 5.41) is 0. The van der Waals surface area contributed by atoms with Crippen molar-refractivity contribution in [1.82, 2.24) is 0 Å². The summed E-state index contributed by atoms with van der Waals surface area (Å²) in [4.78, 5) is 9.68. The number of carbonyl (C=O) groups excluding carboxylic acids is 1. The first-order valence-corrected chi connectivity index (χ1v) is 3.40. The molecule has 0 bridgehead atoms. The maximum atomic E-state index is 9.68. The predicted molar refractivity (Wildman–Crippen MR) is 37.9 cm³/mol. The van der Waals surface area contributed by atoms with Crippen molar-refractivity contribution in [2.75, 3.05) is 5.75 Å². The van der Waals surface area contributed by atoms with Crippen molar-refractivity contribution < 1.29 is 37.5 Å². The quantitative estimate of drug-likeness (QED) is 0.560. The molecule has 1 radical (unpaired) electrons. The van der Waals surface area contributed by atoms with E-state index in [2.05, 4.69) is 19.6 Å². The van der Waals surface area contributed by atoms with E-state index >= 15 is 0 Å². The Labute approximate surface area is 87.3 Å². The summed E-state index contributed by atoms with van der Waals surface area (Å²) in [7, 11) is 0. The molecule has 0 heterocycles. The number of hydrogen-bond donors (Lipinski definition) is 1. The second-order valence-electron chi connectivity index (χ2n) is 1.97. The van der Waals surface area contributed by atoms with Crippen molar-refractivity contribution in [3.05, 3.63) is 0 Å². The van der Waals surface area contributed by atoms with Crippen LogP contribution in [-0.4, -0.2) is 12.0 Å². The van der Waals surface area contributed by atoms with Crippen molar-refractivity contribution >= 4 is 18.9 Å². The summed E-state index contributed by atoms with van der Waals surface area (Å²) in [6.07, 6.45) is 3.33. The van der Waals surface area contributed by atoms with E-state index in [0.29, 0.717) is 12.3 Å². The molecule has 0 spiro atoms. The molecule has 1 nitrogen and oxygen atoms in total. The number of hydrogen-bond acceptors (Lipinski definition) is 2. The van der Waals surface area contributed by atoms with Crippen LogP contribution in [0.5, 0.6) is 0 Å². The van der Waals surface area contributed by atoms with Gasteiger partial charge < -0.3 is 4.79 Å². The first-order valence-electron chi connectivity index (χ1n) is 2.77. The fourth-order valence-corrected chi connectivity index (χ4v) is 0.579. The second kappa shape index (κ2) is 9.12. The third-order valence-electron chi connectivity index (χ3n) is 1.05. The maximum absolute atomic E-state index is 9.68. The minimum absolute atomic E-state index is 0. The van der Waals surface area contributed by atoms with Crippen molar-refractivity contribution in [2.45, 2.75) is 19.8 Å². The molecule has 0 aromatic heterocycles. The van der Waals surface area contributed by atoms with Crippen molar-refractivity contribution in [2.24, 2.45) is 5.92 Å². The molecule has 0 aromatic carbocycles. The van der Waals surface area contributed by atoms with Gasteiger partial charge in [-0.15, -0.1) is 0 Å². The summed E-state index contributed by atoms with van der Waals surface area (Å²) >= 11 is 4.06. The van der Waals surface area contributed by atoms with Gasteiger partial charge in [0.2, 0.25) is 0 Å². The Morgan fingerprint density at radius 1 is 1.67 bits per heavy atom. The molecule has 0 saturated heterocycles. The summed E-state index contributed by atoms with van der Waals surface area (Å²) in [5.74, 6) is 1.42. The molecule has 1 atom stereocenters. The van der Waals surface area contributed by atoms with Gasteiger partial charge in [-0.1, -0.05) is 13.3 Å². The van der Waals surface area contributed by atoms with Crippen LogP contribution >= 0.6 is 12.6 Å². The van der Waals surface area contributed by atoms with Crippen molar-refractivity contribution in [1.29, 1.82) is 0 Å². The Kier molecular flexibility index (Phi) is 12.9. The average Bonchev–Trinajstić information content (AvgIpc) is 1.83. The summed E-state index contributed by atoms with van der Waals surface area (Å²) in [6, 6.07) is 0. The van der Waals surface area contributed by atoms with E-state index in [0.717, 1.165) is 12.2 Å². The topological polar surface area (TPSA) is 17.1 Å². The van der Waals surface area contributed by atoms with Crippen LogP contribution in [0.15, 0.2) is 0 Å². The number of rotatable bonds is 4. The van der Waals surface area contributed by atoms with E-state index in [1.54, 1.807) is 0 Å². The zero-order valence-corrected chi connectivity index (χ0v) is 9.36. The van der Waals surface area contributed by atoms with Gasteiger partial charge in [-0.2, -0.15) is 19.0 Å². The minimum atomic E-state index is 0. The van der Waals surface area contributed by atoms with Gasteiger partial charge >= 0.3 is 0 Å². The predicted octanol–water partition coefficient (Wildman–Crippen LogP) is 1.44. The maximum Gasteiger partial charge on any atom is 0 e. The van der Waals surface area contributed by atoms with Gasteiger partial charge in [-0.05, 0) is 11.7 Å². The molecule has 0 saturated carbocycles. The molecule has 0 aliphatic carbocycles. The Hall–Kier alpha value is 1.12. The van der Waals surface area contributed by atoms with Crippen LogP contribution in [0.25, 0.3) is 0 Å². The SMILES string of the molecule is CC(CS)CC[C-]=O.[Y]. The minimum Gasteiger partial charge on any atom is -0.542 e. The van der Waals surface area contributed by atoms with E-state index in [1.165, 1.54) is 0 Å². The molecule has 0 rings (SSSR count). The monoisotopic (exact) mass is 220 g/mol. The average molecular weight is 220 g/mol. The van der Waals surface area contributed by atoms with E-state index in [-0.39, 0.29) is 32.7 Å². The third kappa shape index (κ3) is 9.12. The van der Waals surface area contributed by atoms with Gasteiger partial charge in [0, 0.05) is 32.7 Å². The molecule has 0 aromatic rings. The molecular formula is C6H11OSY-. The van der Waals surface area contributed by atoms with E-state index < -0.39 is 0 Å². The standard InChI is InChI=1S/C6H11OS.Y/c1-6(5-8)3-2-4-7;/h6,8H,2-3,5H2,1H3;/q-1;. The smallest absolute Gasteiger partial charge is 0 e. The summed E-state index contributed by atoms with van der Waals surface area (Å²) in [5.41, 5.74) is 0. The van der Waals surface area contributed by atoms with Gasteiger partial charge in [-0.3, -0.25) is 6.29 Å². The Bertz CT molecular complexity index is 68.1. The summed E-state index contributed by atoms with van der Waals surface area (Å²) in [6.45, 7) is 2.07. The van der Waals surface area contributed by atoms with Crippen LogP contribution in [0.2, 0.25) is 0 Å². The normalized spacial score (nSPS) is 11.8. The molecule has 0 aliphatic heterocycles. The Morgan fingerprint density at radius 2 is 2.22 bits per heavy atom. The molecule has 51 valence electrons. The zero-order chi connectivity index (χ0) is 6.41. The van der Waals surface area contributed by atoms with Gasteiger partial charge in [0.15, 0.2) is 0 Å². The molecule has 0 aliphatic rings. The fourth-order valence-electron chi connectivity index (χ4n) is 0.397. The molecule has 9 heavy (non-hydrogen) atoms. The Morgan fingerprint density at radius 3 is 2.56 bits per heavy atom. The van der Waals surface area contributed by atoms with Crippen LogP contribution in [-0.2, 0) is 37.5 Å². The van der Waals surface area contributed by atoms with Crippen LogP contribution < -0.4 is 0 Å². The van der Waals surface area contributed by atoms with Gasteiger partial charge in [-0.25, -0.2) is 0 Å². The van der Waals surface area contributed by atoms with E-state index in [1.807, 2.05) is 6.29 Å². The molecule has 0 fully saturated rings. The second-order valence-corrected chi connectivity index (χ2v) is 2.34. The van der Waals surface area contributed by atoms with Gasteiger partial charge in [0.25, 0.3) is 0 Å².